The number of carbonyl (C=O) groups is 3. The number of carbonyl (C=O) groups excluding carboxylic acids is 3. The molecule has 4 aliphatic carbocycles. The molecule has 6 rings (SSSR count). The van der Waals surface area contributed by atoms with Gasteiger partial charge in [0.05, 0.1) is 18.6 Å². The Labute approximate surface area is 192 Å². The molecule has 5 aliphatic rings. The topological polar surface area (TPSA) is 93.7 Å². The Balaban J connectivity index is 1.12. The van der Waals surface area contributed by atoms with E-state index in [1.807, 2.05) is 0 Å². The van der Waals surface area contributed by atoms with Crippen LogP contribution >= 0.6 is 11.6 Å². The first-order valence-corrected chi connectivity index (χ1v) is 11.2. The van der Waals surface area contributed by atoms with Crippen LogP contribution in [-0.2, 0) is 14.3 Å². The number of benzene rings is 1. The van der Waals surface area contributed by atoms with Crippen LogP contribution in [0.15, 0.2) is 18.2 Å². The Morgan fingerprint density at radius 3 is 2.70 bits per heavy atom. The molecule has 11 heteroatoms. The average Bonchev–Trinajstić information content (AvgIpc) is 3.33. The van der Waals surface area contributed by atoms with Gasteiger partial charge in [0.1, 0.15) is 5.75 Å². The van der Waals surface area contributed by atoms with Crippen molar-refractivity contribution in [2.45, 2.75) is 56.2 Å². The Hall–Kier alpha value is -2.33. The van der Waals surface area contributed by atoms with Gasteiger partial charge in [-0.15, -0.1) is 13.2 Å². The van der Waals surface area contributed by atoms with Crippen LogP contribution in [0.5, 0.6) is 5.75 Å². The summed E-state index contributed by atoms with van der Waals surface area (Å²) in [6.45, 7) is -0.509. The molecule has 1 heterocycles. The van der Waals surface area contributed by atoms with Gasteiger partial charge in [0, 0.05) is 22.5 Å². The van der Waals surface area contributed by atoms with Crippen molar-refractivity contribution in [3.63, 3.8) is 0 Å². The quantitative estimate of drug-likeness (QED) is 0.645. The lowest BCUT2D eigenvalue weighted by Gasteiger charge is -2.39. The summed E-state index contributed by atoms with van der Waals surface area (Å²) in [4.78, 5) is 37.6. The molecular formula is C22H22ClF3N2O5. The lowest BCUT2D eigenvalue weighted by molar-refractivity contribution is -0.326. The van der Waals surface area contributed by atoms with E-state index in [9.17, 15) is 27.6 Å². The van der Waals surface area contributed by atoms with Crippen LogP contribution in [0.2, 0.25) is 5.02 Å². The van der Waals surface area contributed by atoms with Gasteiger partial charge in [-0.3, -0.25) is 19.1 Å². The SMILES string of the molecule is O=C1C[C@H](C(=O)N[C@@H]2CC3(NC(=O)[C@@H]4C[C@@H]4COC(F)(F)F)CC2C3)Oc2ccc(Cl)cc21. The van der Waals surface area contributed by atoms with Crippen LogP contribution < -0.4 is 15.4 Å². The number of hydrogen-bond acceptors (Lipinski definition) is 5. The van der Waals surface area contributed by atoms with Crippen molar-refractivity contribution in [2.75, 3.05) is 6.61 Å². The predicted octanol–water partition coefficient (Wildman–Crippen LogP) is 3.00. The zero-order chi connectivity index (χ0) is 23.5. The summed E-state index contributed by atoms with van der Waals surface area (Å²) in [5.74, 6) is -1.22. The number of nitrogens with one attached hydrogen (secondary N) is 2. The normalized spacial score (nSPS) is 34.1. The largest absolute Gasteiger partial charge is 0.522 e. The van der Waals surface area contributed by atoms with Crippen LogP contribution in [0, 0.1) is 17.8 Å². The van der Waals surface area contributed by atoms with Gasteiger partial charge in [0.2, 0.25) is 5.91 Å². The molecule has 33 heavy (non-hydrogen) atoms. The highest BCUT2D eigenvalue weighted by Gasteiger charge is 2.59. The predicted molar refractivity (Wildman–Crippen MR) is 109 cm³/mol. The molecule has 1 aromatic rings. The van der Waals surface area contributed by atoms with E-state index in [1.54, 1.807) is 12.1 Å². The highest BCUT2D eigenvalue weighted by molar-refractivity contribution is 6.31. The number of ketones is 1. The average molecular weight is 487 g/mol. The van der Waals surface area contributed by atoms with Gasteiger partial charge >= 0.3 is 6.36 Å². The molecule has 7 nitrogen and oxygen atoms in total. The smallest absolute Gasteiger partial charge is 0.479 e. The summed E-state index contributed by atoms with van der Waals surface area (Å²) in [5, 5.41) is 6.36. The Bertz CT molecular complexity index is 1010. The highest BCUT2D eigenvalue weighted by atomic mass is 35.5. The Morgan fingerprint density at radius 1 is 1.21 bits per heavy atom. The van der Waals surface area contributed by atoms with Gasteiger partial charge in [-0.25, -0.2) is 0 Å². The molecule has 0 saturated heterocycles. The van der Waals surface area contributed by atoms with E-state index in [4.69, 9.17) is 16.3 Å². The van der Waals surface area contributed by atoms with Gasteiger partial charge in [-0.05, 0) is 55.7 Å². The maximum Gasteiger partial charge on any atom is 0.522 e. The molecule has 2 bridgehead atoms. The van der Waals surface area contributed by atoms with Gasteiger partial charge in [-0.1, -0.05) is 11.6 Å². The minimum atomic E-state index is -4.69. The van der Waals surface area contributed by atoms with Crippen molar-refractivity contribution in [1.82, 2.24) is 10.6 Å². The van der Waals surface area contributed by atoms with Crippen molar-refractivity contribution in [2.24, 2.45) is 17.8 Å². The van der Waals surface area contributed by atoms with Crippen LogP contribution in [0.3, 0.4) is 0 Å². The first-order chi connectivity index (χ1) is 15.5. The lowest BCUT2D eigenvalue weighted by atomic mass is 9.76. The molecule has 0 aromatic heterocycles. The van der Waals surface area contributed by atoms with Crippen LogP contribution in [0.1, 0.15) is 42.5 Å². The number of halogens is 4. The van der Waals surface area contributed by atoms with Gasteiger partial charge < -0.3 is 15.4 Å². The second kappa shape index (κ2) is 7.87. The number of amides is 2. The van der Waals surface area contributed by atoms with Crippen molar-refractivity contribution in [1.29, 1.82) is 0 Å². The van der Waals surface area contributed by atoms with Crippen LogP contribution in [0.4, 0.5) is 13.2 Å². The fourth-order valence-corrected chi connectivity index (χ4v) is 5.50. The van der Waals surface area contributed by atoms with E-state index in [0.717, 1.165) is 0 Å². The fourth-order valence-electron chi connectivity index (χ4n) is 5.33. The van der Waals surface area contributed by atoms with E-state index >= 15 is 0 Å². The third-order valence-corrected chi connectivity index (χ3v) is 7.33. The molecule has 0 spiro atoms. The summed E-state index contributed by atoms with van der Waals surface area (Å²) in [7, 11) is 0. The molecule has 4 atom stereocenters. The first kappa shape index (κ1) is 22.5. The second-order valence-corrected chi connectivity index (χ2v) is 9.93. The molecule has 1 aliphatic heterocycles. The minimum absolute atomic E-state index is 0.0818. The maximum absolute atomic E-state index is 12.8. The number of alkyl halides is 3. The monoisotopic (exact) mass is 486 g/mol. The van der Waals surface area contributed by atoms with E-state index in [-0.39, 0.29) is 36.0 Å². The van der Waals surface area contributed by atoms with Crippen LogP contribution in [0.25, 0.3) is 0 Å². The van der Waals surface area contributed by atoms with E-state index in [1.165, 1.54) is 6.07 Å². The standard InChI is InChI=1S/C22H22ClF3N2O5/c23-12-1-2-17-14(4-12)16(29)5-18(33-17)20(31)27-15-8-21(6-11(15)7-21)28-19(30)13-3-10(13)9-32-22(24,25)26/h1-2,4,10-11,13,15,18H,3,5-9H2,(H,27,31)(H,28,30)/t10-,11?,13-,15-,18-,21?/m1/s1. The Kier molecular flexibility index (Phi) is 5.36. The molecule has 2 N–H and O–H groups in total. The number of rotatable bonds is 6. The molecule has 1 aromatic carbocycles. The molecule has 4 fully saturated rings. The lowest BCUT2D eigenvalue weighted by Crippen LogP contribution is -2.52. The molecule has 178 valence electrons. The van der Waals surface area contributed by atoms with E-state index in [2.05, 4.69) is 15.4 Å². The summed E-state index contributed by atoms with van der Waals surface area (Å²) in [6, 6.07) is 4.51. The van der Waals surface area contributed by atoms with Gasteiger partial charge in [-0.2, -0.15) is 0 Å². The summed E-state index contributed by atoms with van der Waals surface area (Å²) >= 11 is 5.92. The number of hydrogen-bond donors (Lipinski definition) is 2. The number of ether oxygens (including phenoxy) is 2. The number of Topliss-reactive ketones (excluding diaryl/α,β-unsaturated/α-hetero) is 1. The molecular weight excluding hydrogens is 465 g/mol. The minimum Gasteiger partial charge on any atom is -0.479 e. The molecule has 0 radical (unpaired) electrons. The fraction of sp³-hybridized carbons (Fsp3) is 0.591. The third-order valence-electron chi connectivity index (χ3n) is 7.10. The van der Waals surface area contributed by atoms with Crippen molar-refractivity contribution in [3.8, 4) is 5.75 Å². The molecule has 0 unspecified atom stereocenters. The highest BCUT2D eigenvalue weighted by Crippen LogP contribution is 2.53. The maximum atomic E-state index is 12.8. The van der Waals surface area contributed by atoms with Crippen molar-refractivity contribution < 1.29 is 37.0 Å². The van der Waals surface area contributed by atoms with Gasteiger partial charge in [0.15, 0.2) is 11.9 Å². The zero-order valence-electron chi connectivity index (χ0n) is 17.4. The Morgan fingerprint density at radius 2 is 1.97 bits per heavy atom. The second-order valence-electron chi connectivity index (χ2n) is 9.49. The first-order valence-electron chi connectivity index (χ1n) is 10.8. The summed E-state index contributed by atoms with van der Waals surface area (Å²) < 4.78 is 46.0. The van der Waals surface area contributed by atoms with Gasteiger partial charge in [0.25, 0.3) is 5.91 Å². The molecule has 2 amide bonds. The number of fused-ring (bicyclic) bond motifs is 2. The van der Waals surface area contributed by atoms with Crippen molar-refractivity contribution in [3.05, 3.63) is 28.8 Å². The van der Waals surface area contributed by atoms with E-state index in [0.29, 0.717) is 42.0 Å². The zero-order valence-corrected chi connectivity index (χ0v) is 18.2. The van der Waals surface area contributed by atoms with Crippen molar-refractivity contribution >= 4 is 29.2 Å². The summed E-state index contributed by atoms with van der Waals surface area (Å²) in [5.41, 5.74) is -0.0834. The van der Waals surface area contributed by atoms with Crippen LogP contribution in [-0.4, -0.2) is 48.3 Å². The van der Waals surface area contributed by atoms with E-state index < -0.39 is 36.4 Å². The molecule has 4 saturated carbocycles. The third kappa shape index (κ3) is 4.55. The summed E-state index contributed by atoms with van der Waals surface area (Å²) in [6.07, 6.45) is -3.39.